The molecular weight excluding hydrogens is 443 g/mol. The summed E-state index contributed by atoms with van der Waals surface area (Å²) in [5, 5.41) is 14.5. The number of benzene rings is 1. The topological polar surface area (TPSA) is 148 Å². The maximum Gasteiger partial charge on any atom is 0.416 e. The first-order valence-corrected chi connectivity index (χ1v) is 9.78. The second-order valence-electron chi connectivity index (χ2n) is 7.36. The van der Waals surface area contributed by atoms with Crippen molar-refractivity contribution in [1.29, 1.82) is 0 Å². The fourth-order valence-electron chi connectivity index (χ4n) is 3.04. The molecule has 0 amide bonds. The number of H-pyrrole nitrogens is 2. The molecule has 0 bridgehead atoms. The Labute approximate surface area is 181 Å². The van der Waals surface area contributed by atoms with E-state index in [9.17, 15) is 23.1 Å². The minimum Gasteiger partial charge on any atom is -0.493 e. The number of aromatic hydroxyl groups is 1. The van der Waals surface area contributed by atoms with Crippen molar-refractivity contribution in [2.24, 2.45) is 4.99 Å². The summed E-state index contributed by atoms with van der Waals surface area (Å²) in [6.07, 6.45) is 0.277. The van der Waals surface area contributed by atoms with E-state index >= 15 is 0 Å². The maximum absolute atomic E-state index is 13.0. The summed E-state index contributed by atoms with van der Waals surface area (Å²) >= 11 is 0. The predicted molar refractivity (Wildman–Crippen MR) is 110 cm³/mol. The number of hydrazine groups is 1. The highest BCUT2D eigenvalue weighted by atomic mass is 19.4. The number of alkyl halides is 3. The Kier molecular flexibility index (Phi) is 4.76. The van der Waals surface area contributed by atoms with Crippen molar-refractivity contribution in [2.45, 2.75) is 25.1 Å². The van der Waals surface area contributed by atoms with E-state index < -0.39 is 17.4 Å². The quantitative estimate of drug-likeness (QED) is 0.279. The summed E-state index contributed by atoms with van der Waals surface area (Å²) < 4.78 is 40.3. The lowest BCUT2D eigenvalue weighted by molar-refractivity contribution is -0.137. The van der Waals surface area contributed by atoms with E-state index in [0.29, 0.717) is 10.9 Å². The molecule has 0 saturated heterocycles. The minimum atomic E-state index is -4.48. The van der Waals surface area contributed by atoms with Crippen molar-refractivity contribution in [2.75, 3.05) is 10.9 Å². The summed E-state index contributed by atoms with van der Waals surface area (Å²) in [6, 6.07) is 4.76. The molecule has 1 fully saturated rings. The number of nitrogens with zero attached hydrogens (tertiary/aromatic N) is 5. The van der Waals surface area contributed by atoms with Crippen LogP contribution in [-0.2, 0) is 6.18 Å². The molecule has 11 nitrogen and oxygen atoms in total. The number of rotatable bonds is 5. The van der Waals surface area contributed by atoms with E-state index in [1.165, 1.54) is 28.9 Å². The average molecular weight is 459 g/mol. The van der Waals surface area contributed by atoms with E-state index in [0.717, 1.165) is 25.0 Å². The first kappa shape index (κ1) is 20.5. The van der Waals surface area contributed by atoms with E-state index in [1.54, 1.807) is 0 Å². The monoisotopic (exact) mass is 459 g/mol. The minimum absolute atomic E-state index is 0.0428. The normalized spacial score (nSPS) is 15.4. The van der Waals surface area contributed by atoms with Gasteiger partial charge in [-0.2, -0.15) is 32.8 Å². The number of imidazole rings is 1. The summed E-state index contributed by atoms with van der Waals surface area (Å²) in [5.41, 5.74) is 4.81. The Bertz CT molecular complexity index is 1520. The van der Waals surface area contributed by atoms with Crippen LogP contribution in [0.1, 0.15) is 24.1 Å². The molecule has 5 rings (SSSR count). The van der Waals surface area contributed by atoms with Gasteiger partial charge in [0.2, 0.25) is 11.8 Å². The molecule has 1 aliphatic carbocycles. The Balaban J connectivity index is 1.54. The fourth-order valence-corrected chi connectivity index (χ4v) is 3.04. The molecule has 1 aliphatic rings. The molecule has 0 atom stereocenters. The van der Waals surface area contributed by atoms with Gasteiger partial charge in [-0.3, -0.25) is 15.8 Å². The van der Waals surface area contributed by atoms with Gasteiger partial charge in [-0.05, 0) is 37.1 Å². The van der Waals surface area contributed by atoms with Gasteiger partial charge in [0.1, 0.15) is 5.69 Å². The third kappa shape index (κ3) is 4.35. The third-order valence-electron chi connectivity index (χ3n) is 4.77. The second-order valence-corrected chi connectivity index (χ2v) is 7.36. The van der Waals surface area contributed by atoms with Gasteiger partial charge in [-0.15, -0.1) is 0 Å². The summed E-state index contributed by atoms with van der Waals surface area (Å²) in [6.45, 7) is 0. The number of halogens is 3. The van der Waals surface area contributed by atoms with E-state index in [2.05, 4.69) is 40.9 Å². The van der Waals surface area contributed by atoms with Crippen molar-refractivity contribution in [3.63, 3.8) is 0 Å². The van der Waals surface area contributed by atoms with E-state index in [-0.39, 0.29) is 34.9 Å². The van der Waals surface area contributed by atoms with E-state index in [4.69, 9.17) is 0 Å². The average Bonchev–Trinajstić information content (AvgIpc) is 3.40. The van der Waals surface area contributed by atoms with Crippen molar-refractivity contribution >= 4 is 23.4 Å². The fraction of sp³-hybridized carbons (Fsp3) is 0.211. The van der Waals surface area contributed by atoms with Crippen LogP contribution in [0.5, 0.6) is 5.88 Å². The molecule has 170 valence electrons. The lowest BCUT2D eigenvalue weighted by atomic mass is 10.2. The first-order chi connectivity index (χ1) is 15.8. The van der Waals surface area contributed by atoms with Crippen LogP contribution in [-0.4, -0.2) is 40.7 Å². The third-order valence-corrected chi connectivity index (χ3v) is 4.77. The van der Waals surface area contributed by atoms with Crippen LogP contribution in [0.2, 0.25) is 0 Å². The zero-order valence-electron chi connectivity index (χ0n) is 16.7. The number of nitrogens with one attached hydrogen (secondary N) is 4. The highest BCUT2D eigenvalue weighted by molar-refractivity contribution is 5.57. The van der Waals surface area contributed by atoms with Crippen LogP contribution >= 0.6 is 0 Å². The largest absolute Gasteiger partial charge is 0.493 e. The zero-order valence-corrected chi connectivity index (χ0v) is 16.7. The first-order valence-electron chi connectivity index (χ1n) is 9.78. The van der Waals surface area contributed by atoms with Crippen LogP contribution in [0.25, 0.3) is 11.7 Å². The molecule has 1 saturated carbocycles. The molecule has 3 heterocycles. The number of hydrogen-bond acceptors (Lipinski definition) is 8. The van der Waals surface area contributed by atoms with Crippen LogP contribution < -0.4 is 27.4 Å². The zero-order chi connectivity index (χ0) is 23.2. The number of fused-ring (bicyclic) bond motifs is 1. The van der Waals surface area contributed by atoms with Gasteiger partial charge in [-0.25, -0.2) is 9.79 Å². The molecule has 0 spiro atoms. The van der Waals surface area contributed by atoms with Crippen LogP contribution in [0.15, 0.2) is 40.2 Å². The lowest BCUT2D eigenvalue weighted by Gasteiger charge is -2.11. The van der Waals surface area contributed by atoms with Gasteiger partial charge < -0.3 is 10.1 Å². The number of anilines is 2. The van der Waals surface area contributed by atoms with Crippen LogP contribution in [0.4, 0.5) is 24.8 Å². The van der Waals surface area contributed by atoms with Crippen molar-refractivity contribution in [3.05, 3.63) is 63.0 Å². The summed E-state index contributed by atoms with van der Waals surface area (Å²) in [4.78, 5) is 29.2. The van der Waals surface area contributed by atoms with E-state index in [1.807, 2.05) is 0 Å². The molecule has 4 aromatic rings. The molecule has 0 radical (unpaired) electrons. The molecule has 33 heavy (non-hydrogen) atoms. The summed E-state index contributed by atoms with van der Waals surface area (Å²) in [5.74, 6) is -0.304. The van der Waals surface area contributed by atoms with Gasteiger partial charge in [0.25, 0.3) is 5.62 Å². The van der Waals surface area contributed by atoms with Gasteiger partial charge in [-0.1, -0.05) is 6.07 Å². The molecule has 3 aromatic heterocycles. The van der Waals surface area contributed by atoms with Gasteiger partial charge >= 0.3 is 11.9 Å². The Morgan fingerprint density at radius 3 is 2.73 bits per heavy atom. The second kappa shape index (κ2) is 7.65. The Morgan fingerprint density at radius 1 is 1.21 bits per heavy atom. The van der Waals surface area contributed by atoms with Gasteiger partial charge in [0, 0.05) is 5.22 Å². The smallest absolute Gasteiger partial charge is 0.416 e. The molecule has 14 heteroatoms. The Hall–Kier alpha value is -4.36. The number of hydrogen-bond donors (Lipinski definition) is 5. The van der Waals surface area contributed by atoms with Gasteiger partial charge in [0.15, 0.2) is 5.65 Å². The molecule has 0 aliphatic heterocycles. The standard InChI is InChI=1S/C19H16F3N9O2/c20-19(21,22)10-2-1-3-12(7-10)29-30-16-26-14-9(6-13-15(32)27-18(33)25-13)8-23-31(14)17(28-16)24-11-4-5-11/h1-3,6-8,11,29,32H,4-5H2,(H,24,28,30)(H2,25,27,33). The highest BCUT2D eigenvalue weighted by Gasteiger charge is 2.30. The van der Waals surface area contributed by atoms with Crippen molar-refractivity contribution in [1.82, 2.24) is 29.5 Å². The van der Waals surface area contributed by atoms with Gasteiger partial charge in [0.05, 0.1) is 23.5 Å². The number of aromatic nitrogens is 6. The SMILES string of the molecule is O=c1[nH]c(O)c(C=c2cnn3c(=NC4CC4)nc(NNc4cccc(C(F)(F)F)c4)nc23)[nH]1. The Morgan fingerprint density at radius 2 is 2.03 bits per heavy atom. The summed E-state index contributed by atoms with van der Waals surface area (Å²) in [7, 11) is 0. The van der Waals surface area contributed by atoms with Crippen LogP contribution in [0.3, 0.4) is 0 Å². The maximum atomic E-state index is 13.0. The molecule has 0 unspecified atom stereocenters. The number of aromatic amines is 2. The van der Waals surface area contributed by atoms with Crippen LogP contribution in [0, 0.1) is 0 Å². The highest BCUT2D eigenvalue weighted by Crippen LogP contribution is 2.30. The molecular formula is C19H16F3N9O2. The lowest BCUT2D eigenvalue weighted by Crippen LogP contribution is -2.26. The molecule has 5 N–H and O–H groups in total. The predicted octanol–water partition coefficient (Wildman–Crippen LogP) is 0.915. The molecule has 1 aromatic carbocycles. The van der Waals surface area contributed by atoms with Crippen molar-refractivity contribution < 1.29 is 18.3 Å². The van der Waals surface area contributed by atoms with Crippen molar-refractivity contribution in [3.8, 4) is 5.88 Å².